The third kappa shape index (κ3) is 5.22. The molecule has 0 bridgehead atoms. The molecule has 2 unspecified atom stereocenters. The topological polar surface area (TPSA) is 35.2 Å². The van der Waals surface area contributed by atoms with Gasteiger partial charge in [-0.05, 0) is 31.2 Å². The number of rotatable bonds is 6. The number of hydrogen-bond donors (Lipinski definition) is 1. The van der Waals surface area contributed by atoms with Gasteiger partial charge in [0.05, 0.1) is 0 Å². The molecule has 0 saturated carbocycles. The molecule has 0 aromatic rings. The zero-order valence-electron chi connectivity index (χ0n) is 7.97. The monoisotopic (exact) mass is 159 g/mol. The van der Waals surface area contributed by atoms with Gasteiger partial charge in [-0.25, -0.2) is 0 Å². The fourth-order valence-corrected chi connectivity index (χ4v) is 1.07. The summed E-state index contributed by atoms with van der Waals surface area (Å²) in [6.07, 6.45) is 2.38. The van der Waals surface area contributed by atoms with Crippen LogP contribution in [0, 0.1) is 11.8 Å². The van der Waals surface area contributed by atoms with Gasteiger partial charge in [-0.3, -0.25) is 0 Å². The van der Waals surface area contributed by atoms with Crippen LogP contribution in [0.15, 0.2) is 0 Å². The zero-order chi connectivity index (χ0) is 8.69. The number of hydrogen-bond acceptors (Lipinski definition) is 2. The van der Waals surface area contributed by atoms with E-state index in [0.717, 1.165) is 25.5 Å². The Morgan fingerprint density at radius 2 is 1.91 bits per heavy atom. The van der Waals surface area contributed by atoms with Gasteiger partial charge in [-0.15, -0.1) is 0 Å². The second kappa shape index (κ2) is 6.62. The summed E-state index contributed by atoms with van der Waals surface area (Å²) in [6, 6.07) is 0. The molecule has 0 fully saturated rings. The van der Waals surface area contributed by atoms with Crippen LogP contribution in [0.4, 0.5) is 0 Å². The summed E-state index contributed by atoms with van der Waals surface area (Å²) in [6.45, 7) is 6.14. The number of ether oxygens (including phenoxy) is 1. The Morgan fingerprint density at radius 1 is 1.27 bits per heavy atom. The highest BCUT2D eigenvalue weighted by Crippen LogP contribution is 2.15. The molecule has 2 atom stereocenters. The van der Waals surface area contributed by atoms with Gasteiger partial charge in [0.15, 0.2) is 0 Å². The molecule has 0 aliphatic carbocycles. The van der Waals surface area contributed by atoms with Gasteiger partial charge in [0.2, 0.25) is 0 Å². The van der Waals surface area contributed by atoms with E-state index in [9.17, 15) is 0 Å². The van der Waals surface area contributed by atoms with E-state index in [1.54, 1.807) is 7.11 Å². The Balaban J connectivity index is 3.28. The molecule has 2 N–H and O–H groups in total. The highest BCUT2D eigenvalue weighted by atomic mass is 16.5. The molecule has 2 heteroatoms. The second-order valence-corrected chi connectivity index (χ2v) is 3.33. The van der Waals surface area contributed by atoms with Crippen LogP contribution in [0.1, 0.15) is 26.7 Å². The molecule has 0 spiro atoms. The van der Waals surface area contributed by atoms with Crippen molar-refractivity contribution in [3.8, 4) is 0 Å². The average molecular weight is 159 g/mol. The molecule has 0 rings (SSSR count). The molecule has 0 aromatic heterocycles. The normalized spacial score (nSPS) is 16.4. The number of nitrogens with two attached hydrogens (primary N) is 1. The first-order valence-electron chi connectivity index (χ1n) is 4.41. The van der Waals surface area contributed by atoms with Crippen molar-refractivity contribution >= 4 is 0 Å². The van der Waals surface area contributed by atoms with E-state index in [0.29, 0.717) is 5.92 Å². The van der Waals surface area contributed by atoms with Crippen molar-refractivity contribution in [2.45, 2.75) is 26.7 Å². The molecule has 0 amide bonds. The molecular formula is C9H21NO. The third-order valence-corrected chi connectivity index (χ3v) is 2.35. The van der Waals surface area contributed by atoms with Crippen molar-refractivity contribution in [3.05, 3.63) is 0 Å². The lowest BCUT2D eigenvalue weighted by atomic mass is 9.92. The van der Waals surface area contributed by atoms with Crippen molar-refractivity contribution < 1.29 is 4.74 Å². The maximum atomic E-state index is 5.55. The van der Waals surface area contributed by atoms with E-state index < -0.39 is 0 Å². The van der Waals surface area contributed by atoms with Gasteiger partial charge in [-0.1, -0.05) is 13.8 Å². The van der Waals surface area contributed by atoms with Crippen LogP contribution in [-0.4, -0.2) is 20.3 Å². The highest BCUT2D eigenvalue weighted by Gasteiger charge is 2.08. The lowest BCUT2D eigenvalue weighted by Gasteiger charge is -2.17. The summed E-state index contributed by atoms with van der Waals surface area (Å²) in [4.78, 5) is 0. The Morgan fingerprint density at radius 3 is 2.36 bits per heavy atom. The van der Waals surface area contributed by atoms with Crippen molar-refractivity contribution in [1.82, 2.24) is 0 Å². The van der Waals surface area contributed by atoms with Gasteiger partial charge in [0, 0.05) is 13.7 Å². The van der Waals surface area contributed by atoms with Crippen LogP contribution in [-0.2, 0) is 4.74 Å². The van der Waals surface area contributed by atoms with Crippen LogP contribution < -0.4 is 5.73 Å². The lowest BCUT2D eigenvalue weighted by molar-refractivity contribution is 0.183. The van der Waals surface area contributed by atoms with Crippen molar-refractivity contribution in [2.75, 3.05) is 20.3 Å². The summed E-state index contributed by atoms with van der Waals surface area (Å²) in [7, 11) is 1.75. The number of methoxy groups -OCH3 is 1. The van der Waals surface area contributed by atoms with E-state index in [-0.39, 0.29) is 0 Å². The average Bonchev–Trinajstić information content (AvgIpc) is 2.03. The largest absolute Gasteiger partial charge is 0.385 e. The predicted molar refractivity (Wildman–Crippen MR) is 48.5 cm³/mol. The molecule has 0 aliphatic heterocycles. The maximum Gasteiger partial charge on any atom is 0.0462 e. The first-order chi connectivity index (χ1) is 5.22. The van der Waals surface area contributed by atoms with Crippen molar-refractivity contribution in [2.24, 2.45) is 17.6 Å². The van der Waals surface area contributed by atoms with Gasteiger partial charge in [0.25, 0.3) is 0 Å². The molecule has 2 nitrogen and oxygen atoms in total. The Bertz CT molecular complexity index is 85.6. The van der Waals surface area contributed by atoms with E-state index >= 15 is 0 Å². The molecular weight excluding hydrogens is 138 g/mol. The summed E-state index contributed by atoms with van der Waals surface area (Å²) in [5.74, 6) is 1.38. The van der Waals surface area contributed by atoms with Crippen LogP contribution in [0.2, 0.25) is 0 Å². The van der Waals surface area contributed by atoms with Gasteiger partial charge in [0.1, 0.15) is 0 Å². The lowest BCUT2D eigenvalue weighted by Crippen LogP contribution is -2.18. The maximum absolute atomic E-state index is 5.55. The van der Waals surface area contributed by atoms with E-state index in [1.165, 1.54) is 6.42 Å². The first kappa shape index (κ1) is 10.9. The summed E-state index contributed by atoms with van der Waals surface area (Å²) >= 11 is 0. The van der Waals surface area contributed by atoms with Crippen molar-refractivity contribution in [1.29, 1.82) is 0 Å². The molecule has 0 aliphatic rings. The van der Waals surface area contributed by atoms with E-state index in [1.807, 2.05) is 0 Å². The van der Waals surface area contributed by atoms with E-state index in [2.05, 4.69) is 13.8 Å². The molecule has 0 aromatic carbocycles. The fourth-order valence-electron chi connectivity index (χ4n) is 1.07. The minimum atomic E-state index is 0.645. The van der Waals surface area contributed by atoms with Gasteiger partial charge < -0.3 is 10.5 Å². The van der Waals surface area contributed by atoms with Crippen LogP contribution in [0.25, 0.3) is 0 Å². The SMILES string of the molecule is COCCCC(C)C(C)CN. The molecule has 11 heavy (non-hydrogen) atoms. The Kier molecular flexibility index (Phi) is 6.57. The standard InChI is InChI=1S/C9H21NO/c1-8(9(2)7-10)5-4-6-11-3/h8-9H,4-7,10H2,1-3H3. The molecule has 68 valence electrons. The summed E-state index contributed by atoms with van der Waals surface area (Å²) < 4.78 is 4.97. The van der Waals surface area contributed by atoms with Crippen LogP contribution in [0.5, 0.6) is 0 Å². The molecule has 0 saturated heterocycles. The molecule has 0 heterocycles. The van der Waals surface area contributed by atoms with Gasteiger partial charge in [-0.2, -0.15) is 0 Å². The first-order valence-corrected chi connectivity index (χ1v) is 4.41. The van der Waals surface area contributed by atoms with Crippen LogP contribution >= 0.6 is 0 Å². The smallest absolute Gasteiger partial charge is 0.0462 e. The van der Waals surface area contributed by atoms with E-state index in [4.69, 9.17) is 10.5 Å². The molecule has 0 radical (unpaired) electrons. The van der Waals surface area contributed by atoms with Crippen molar-refractivity contribution in [3.63, 3.8) is 0 Å². The van der Waals surface area contributed by atoms with Gasteiger partial charge >= 0.3 is 0 Å². The summed E-state index contributed by atoms with van der Waals surface area (Å²) in [5.41, 5.74) is 5.55. The summed E-state index contributed by atoms with van der Waals surface area (Å²) in [5, 5.41) is 0. The minimum Gasteiger partial charge on any atom is -0.385 e. The quantitative estimate of drug-likeness (QED) is 0.598. The second-order valence-electron chi connectivity index (χ2n) is 3.33. The Hall–Kier alpha value is -0.0800. The fraction of sp³-hybridized carbons (Fsp3) is 1.00. The zero-order valence-corrected chi connectivity index (χ0v) is 7.97. The Labute approximate surface area is 70.1 Å². The van der Waals surface area contributed by atoms with Crippen LogP contribution in [0.3, 0.4) is 0 Å². The minimum absolute atomic E-state index is 0.645. The predicted octanol–water partition coefficient (Wildman–Crippen LogP) is 1.64. The highest BCUT2D eigenvalue weighted by molar-refractivity contribution is 4.61. The third-order valence-electron chi connectivity index (χ3n) is 2.35.